The zero-order chi connectivity index (χ0) is 17.5. The second-order valence-corrected chi connectivity index (χ2v) is 6.72. The van der Waals surface area contributed by atoms with Gasteiger partial charge in [0.25, 0.3) is 0 Å². The Morgan fingerprint density at radius 3 is 2.43 bits per heavy atom. The fourth-order valence-electron chi connectivity index (χ4n) is 3.51. The molecule has 0 fully saturated rings. The summed E-state index contributed by atoms with van der Waals surface area (Å²) in [6.45, 7) is 5.84. The van der Waals surface area contributed by atoms with Crippen molar-refractivity contribution in [1.82, 2.24) is 0 Å². The Morgan fingerprint density at radius 2 is 1.83 bits per heavy atom. The van der Waals surface area contributed by atoms with E-state index in [0.29, 0.717) is 12.8 Å². The number of methoxy groups -OCH3 is 1. The third-order valence-corrected chi connectivity index (χ3v) is 5.24. The first-order valence-electron chi connectivity index (χ1n) is 8.89. The Bertz CT molecular complexity index is 452. The van der Waals surface area contributed by atoms with Gasteiger partial charge in [0, 0.05) is 6.42 Å². The van der Waals surface area contributed by atoms with Gasteiger partial charge in [0.2, 0.25) is 0 Å². The van der Waals surface area contributed by atoms with Gasteiger partial charge in [-0.25, -0.2) is 0 Å². The SMILES string of the molecule is CCCC[C@@H]1C(=O)C(C)=C(C)[C@@]1(O)CCCCCCC(=O)OC. The van der Waals surface area contributed by atoms with Gasteiger partial charge in [-0.05, 0) is 44.3 Å². The predicted octanol–water partition coefficient (Wildman–Crippen LogP) is 3.96. The van der Waals surface area contributed by atoms with Crippen molar-refractivity contribution in [2.24, 2.45) is 5.92 Å². The van der Waals surface area contributed by atoms with Crippen LogP contribution in [-0.2, 0) is 14.3 Å². The molecule has 0 aromatic carbocycles. The normalized spacial score (nSPS) is 24.4. The summed E-state index contributed by atoms with van der Waals surface area (Å²) < 4.78 is 4.62. The monoisotopic (exact) mass is 324 g/mol. The summed E-state index contributed by atoms with van der Waals surface area (Å²) in [6.07, 6.45) is 7.45. The van der Waals surface area contributed by atoms with Gasteiger partial charge in [-0.3, -0.25) is 9.59 Å². The number of allylic oxidation sites excluding steroid dienone is 1. The molecule has 0 radical (unpaired) electrons. The first-order valence-corrected chi connectivity index (χ1v) is 8.89. The van der Waals surface area contributed by atoms with Gasteiger partial charge in [0.15, 0.2) is 5.78 Å². The molecule has 1 aliphatic carbocycles. The van der Waals surface area contributed by atoms with Crippen LogP contribution in [0.3, 0.4) is 0 Å². The number of Topliss-reactive ketones (excluding diaryl/α,β-unsaturated/α-hetero) is 1. The van der Waals surface area contributed by atoms with E-state index in [1.54, 1.807) is 0 Å². The Morgan fingerprint density at radius 1 is 1.17 bits per heavy atom. The summed E-state index contributed by atoms with van der Waals surface area (Å²) in [4.78, 5) is 23.5. The van der Waals surface area contributed by atoms with E-state index in [-0.39, 0.29) is 17.7 Å². The second kappa shape index (κ2) is 9.21. The predicted molar refractivity (Wildman–Crippen MR) is 91.1 cm³/mol. The number of rotatable bonds is 10. The van der Waals surface area contributed by atoms with Crippen LogP contribution < -0.4 is 0 Å². The third-order valence-electron chi connectivity index (χ3n) is 5.24. The first kappa shape index (κ1) is 19.9. The summed E-state index contributed by atoms with van der Waals surface area (Å²) in [5, 5.41) is 11.1. The van der Waals surface area contributed by atoms with Crippen molar-refractivity contribution >= 4 is 11.8 Å². The first-order chi connectivity index (χ1) is 10.9. The highest BCUT2D eigenvalue weighted by molar-refractivity contribution is 6.01. The molecule has 1 rings (SSSR count). The van der Waals surface area contributed by atoms with Crippen LogP contribution in [0.2, 0.25) is 0 Å². The summed E-state index contributed by atoms with van der Waals surface area (Å²) in [5.41, 5.74) is 0.649. The molecule has 0 saturated carbocycles. The van der Waals surface area contributed by atoms with Crippen molar-refractivity contribution in [2.45, 2.75) is 84.2 Å². The molecule has 0 aromatic heterocycles. The van der Waals surface area contributed by atoms with Crippen molar-refractivity contribution in [2.75, 3.05) is 7.11 Å². The van der Waals surface area contributed by atoms with Crippen LogP contribution >= 0.6 is 0 Å². The van der Waals surface area contributed by atoms with E-state index < -0.39 is 5.60 Å². The summed E-state index contributed by atoms with van der Waals surface area (Å²) in [5.74, 6) is -0.305. The molecule has 0 bridgehead atoms. The highest BCUT2D eigenvalue weighted by Crippen LogP contribution is 2.43. The molecule has 0 heterocycles. The van der Waals surface area contributed by atoms with Crippen LogP contribution in [0.25, 0.3) is 0 Å². The Labute approximate surface area is 140 Å². The molecule has 4 nitrogen and oxygen atoms in total. The van der Waals surface area contributed by atoms with Gasteiger partial charge in [-0.2, -0.15) is 0 Å². The molecule has 132 valence electrons. The molecule has 2 atom stereocenters. The number of hydrogen-bond acceptors (Lipinski definition) is 4. The molecule has 0 spiro atoms. The maximum Gasteiger partial charge on any atom is 0.305 e. The minimum absolute atomic E-state index is 0.129. The molecule has 1 aliphatic rings. The van der Waals surface area contributed by atoms with Gasteiger partial charge < -0.3 is 9.84 Å². The average Bonchev–Trinajstić information content (AvgIpc) is 2.70. The number of unbranched alkanes of at least 4 members (excludes halogenated alkanes) is 4. The van der Waals surface area contributed by atoms with Crippen molar-refractivity contribution in [3.05, 3.63) is 11.1 Å². The number of ether oxygens (including phenoxy) is 1. The minimum Gasteiger partial charge on any atom is -0.469 e. The summed E-state index contributed by atoms with van der Waals surface area (Å²) in [7, 11) is 1.41. The van der Waals surface area contributed by atoms with Crippen molar-refractivity contribution in [1.29, 1.82) is 0 Å². The third kappa shape index (κ3) is 4.90. The molecular weight excluding hydrogens is 292 g/mol. The average molecular weight is 324 g/mol. The Hall–Kier alpha value is -1.16. The number of carbonyl (C=O) groups excluding carboxylic acids is 2. The van der Waals surface area contributed by atoms with E-state index in [4.69, 9.17) is 0 Å². The van der Waals surface area contributed by atoms with E-state index in [1.807, 2.05) is 13.8 Å². The molecule has 0 unspecified atom stereocenters. The van der Waals surface area contributed by atoms with Crippen LogP contribution in [0.5, 0.6) is 0 Å². The van der Waals surface area contributed by atoms with Gasteiger partial charge in [-0.1, -0.05) is 39.0 Å². The number of esters is 1. The summed E-state index contributed by atoms with van der Waals surface area (Å²) in [6, 6.07) is 0. The molecule has 0 aliphatic heterocycles. The van der Waals surface area contributed by atoms with Crippen LogP contribution in [0.15, 0.2) is 11.1 Å². The molecule has 0 amide bonds. The lowest BCUT2D eigenvalue weighted by Crippen LogP contribution is -2.38. The van der Waals surface area contributed by atoms with Crippen LogP contribution in [0.1, 0.15) is 78.6 Å². The van der Waals surface area contributed by atoms with Crippen LogP contribution in [0, 0.1) is 5.92 Å². The van der Waals surface area contributed by atoms with E-state index in [2.05, 4.69) is 11.7 Å². The quantitative estimate of drug-likeness (QED) is 0.488. The number of carbonyl (C=O) groups is 2. The highest BCUT2D eigenvalue weighted by atomic mass is 16.5. The zero-order valence-electron chi connectivity index (χ0n) is 15.1. The smallest absolute Gasteiger partial charge is 0.305 e. The molecule has 1 N–H and O–H groups in total. The van der Waals surface area contributed by atoms with Gasteiger partial charge in [-0.15, -0.1) is 0 Å². The van der Waals surface area contributed by atoms with E-state index in [9.17, 15) is 14.7 Å². The number of hydrogen-bond donors (Lipinski definition) is 1. The van der Waals surface area contributed by atoms with Gasteiger partial charge >= 0.3 is 5.97 Å². The van der Waals surface area contributed by atoms with E-state index in [0.717, 1.165) is 56.1 Å². The lowest BCUT2D eigenvalue weighted by atomic mass is 9.79. The fraction of sp³-hybridized carbons (Fsp3) is 0.789. The molecule has 23 heavy (non-hydrogen) atoms. The highest BCUT2D eigenvalue weighted by Gasteiger charge is 2.48. The van der Waals surface area contributed by atoms with E-state index >= 15 is 0 Å². The standard InChI is InChI=1S/C19H32O4/c1-5-6-11-16-18(21)14(2)15(3)19(16,22)13-10-8-7-9-12-17(20)23-4/h16,22H,5-13H2,1-4H3/t16-,19+/m1/s1. The zero-order valence-corrected chi connectivity index (χ0v) is 15.1. The van der Waals surface area contributed by atoms with Crippen LogP contribution in [-0.4, -0.2) is 29.6 Å². The van der Waals surface area contributed by atoms with Gasteiger partial charge in [0.1, 0.15) is 0 Å². The summed E-state index contributed by atoms with van der Waals surface area (Å²) >= 11 is 0. The number of aliphatic hydroxyl groups is 1. The van der Waals surface area contributed by atoms with E-state index in [1.165, 1.54) is 7.11 Å². The Balaban J connectivity index is 2.50. The largest absolute Gasteiger partial charge is 0.469 e. The lowest BCUT2D eigenvalue weighted by molar-refractivity contribution is -0.140. The lowest BCUT2D eigenvalue weighted by Gasteiger charge is -2.31. The fourth-order valence-corrected chi connectivity index (χ4v) is 3.51. The molecule has 0 saturated heterocycles. The molecular formula is C19H32O4. The maximum atomic E-state index is 12.4. The van der Waals surface area contributed by atoms with Crippen molar-refractivity contribution in [3.8, 4) is 0 Å². The maximum absolute atomic E-state index is 12.4. The number of ketones is 1. The topological polar surface area (TPSA) is 63.6 Å². The van der Waals surface area contributed by atoms with Gasteiger partial charge in [0.05, 0.1) is 18.6 Å². The Kier molecular flexibility index (Phi) is 7.97. The minimum atomic E-state index is -0.960. The van der Waals surface area contributed by atoms with Crippen molar-refractivity contribution < 1.29 is 19.4 Å². The molecule has 4 heteroatoms. The second-order valence-electron chi connectivity index (χ2n) is 6.72. The van der Waals surface area contributed by atoms with Crippen LogP contribution in [0.4, 0.5) is 0 Å². The van der Waals surface area contributed by atoms with Crippen molar-refractivity contribution in [3.63, 3.8) is 0 Å². The molecule has 0 aromatic rings.